The van der Waals surface area contributed by atoms with E-state index >= 15 is 0 Å². The maximum absolute atomic E-state index is 13.4. The number of halogens is 1. The van der Waals surface area contributed by atoms with Crippen molar-refractivity contribution in [2.24, 2.45) is 0 Å². The standard InChI is InChI=1S/C17H19FO/c1-3-6-13-7-4-5-8-15(13)16-10-9-14(18)11-17(16)12(2)19/h4-5,7-12,19H,3,6H2,1-2H3. The summed E-state index contributed by atoms with van der Waals surface area (Å²) < 4.78 is 13.4. The monoisotopic (exact) mass is 258 g/mol. The van der Waals surface area contributed by atoms with Crippen molar-refractivity contribution in [2.45, 2.75) is 32.8 Å². The van der Waals surface area contributed by atoms with E-state index in [-0.39, 0.29) is 5.82 Å². The summed E-state index contributed by atoms with van der Waals surface area (Å²) >= 11 is 0. The lowest BCUT2D eigenvalue weighted by Gasteiger charge is -2.15. The Labute approximate surface area is 113 Å². The number of aryl methyl sites for hydroxylation is 1. The van der Waals surface area contributed by atoms with Gasteiger partial charge in [-0.25, -0.2) is 4.39 Å². The SMILES string of the molecule is CCCc1ccccc1-c1ccc(F)cc1C(C)O. The Balaban J connectivity index is 2.58. The molecule has 0 saturated heterocycles. The highest BCUT2D eigenvalue weighted by Gasteiger charge is 2.13. The highest BCUT2D eigenvalue weighted by atomic mass is 19.1. The highest BCUT2D eigenvalue weighted by molar-refractivity contribution is 5.71. The maximum atomic E-state index is 13.4. The summed E-state index contributed by atoms with van der Waals surface area (Å²) in [5, 5.41) is 9.84. The molecule has 1 unspecified atom stereocenters. The van der Waals surface area contributed by atoms with Gasteiger partial charge in [0.15, 0.2) is 0 Å². The van der Waals surface area contributed by atoms with Crippen LogP contribution in [0.25, 0.3) is 11.1 Å². The number of aliphatic hydroxyl groups excluding tert-OH is 1. The van der Waals surface area contributed by atoms with E-state index in [0.29, 0.717) is 5.56 Å². The van der Waals surface area contributed by atoms with E-state index in [4.69, 9.17) is 0 Å². The molecule has 0 radical (unpaired) electrons. The van der Waals surface area contributed by atoms with Gasteiger partial charge in [0.2, 0.25) is 0 Å². The van der Waals surface area contributed by atoms with Crippen LogP contribution >= 0.6 is 0 Å². The molecule has 0 heterocycles. The lowest BCUT2D eigenvalue weighted by Crippen LogP contribution is -1.98. The zero-order chi connectivity index (χ0) is 13.8. The summed E-state index contributed by atoms with van der Waals surface area (Å²) in [6.45, 7) is 3.80. The van der Waals surface area contributed by atoms with Gasteiger partial charge in [0.1, 0.15) is 5.82 Å². The van der Waals surface area contributed by atoms with Crippen molar-refractivity contribution < 1.29 is 9.50 Å². The maximum Gasteiger partial charge on any atom is 0.123 e. The van der Waals surface area contributed by atoms with Crippen molar-refractivity contribution in [2.75, 3.05) is 0 Å². The normalized spacial score (nSPS) is 12.4. The van der Waals surface area contributed by atoms with Crippen LogP contribution in [-0.4, -0.2) is 5.11 Å². The van der Waals surface area contributed by atoms with Crippen molar-refractivity contribution in [1.29, 1.82) is 0 Å². The number of hydrogen-bond acceptors (Lipinski definition) is 1. The van der Waals surface area contributed by atoms with E-state index in [2.05, 4.69) is 13.0 Å². The minimum atomic E-state index is -0.680. The Morgan fingerprint density at radius 2 is 1.84 bits per heavy atom. The molecule has 0 fully saturated rings. The second kappa shape index (κ2) is 5.98. The molecule has 0 bridgehead atoms. The first kappa shape index (κ1) is 13.8. The summed E-state index contributed by atoms with van der Waals surface area (Å²) in [6, 6.07) is 12.7. The smallest absolute Gasteiger partial charge is 0.123 e. The topological polar surface area (TPSA) is 20.2 Å². The molecular formula is C17H19FO. The largest absolute Gasteiger partial charge is 0.389 e. The molecular weight excluding hydrogens is 239 g/mol. The molecule has 0 aromatic heterocycles. The highest BCUT2D eigenvalue weighted by Crippen LogP contribution is 2.31. The molecule has 0 aliphatic rings. The molecule has 0 aliphatic carbocycles. The zero-order valence-electron chi connectivity index (χ0n) is 11.4. The summed E-state index contributed by atoms with van der Waals surface area (Å²) in [5.74, 6) is -0.312. The van der Waals surface area contributed by atoms with Gasteiger partial charge in [-0.05, 0) is 47.7 Å². The molecule has 1 nitrogen and oxygen atoms in total. The van der Waals surface area contributed by atoms with Crippen LogP contribution in [0.1, 0.15) is 37.5 Å². The number of benzene rings is 2. The third kappa shape index (κ3) is 3.02. The summed E-state index contributed by atoms with van der Waals surface area (Å²) in [7, 11) is 0. The zero-order valence-corrected chi connectivity index (χ0v) is 11.4. The van der Waals surface area contributed by atoms with E-state index in [1.165, 1.54) is 17.7 Å². The fourth-order valence-corrected chi connectivity index (χ4v) is 2.39. The summed E-state index contributed by atoms with van der Waals surface area (Å²) in [4.78, 5) is 0. The van der Waals surface area contributed by atoms with Gasteiger partial charge in [-0.1, -0.05) is 43.7 Å². The second-order valence-corrected chi connectivity index (χ2v) is 4.81. The predicted molar refractivity (Wildman–Crippen MR) is 76.5 cm³/mol. The van der Waals surface area contributed by atoms with Gasteiger partial charge < -0.3 is 5.11 Å². The minimum Gasteiger partial charge on any atom is -0.389 e. The second-order valence-electron chi connectivity index (χ2n) is 4.81. The Hall–Kier alpha value is -1.67. The van der Waals surface area contributed by atoms with Crippen LogP contribution in [0.4, 0.5) is 4.39 Å². The van der Waals surface area contributed by atoms with Gasteiger partial charge in [0.05, 0.1) is 6.10 Å². The van der Waals surface area contributed by atoms with Crippen molar-refractivity contribution >= 4 is 0 Å². The molecule has 0 spiro atoms. The molecule has 2 rings (SSSR count). The Kier molecular flexibility index (Phi) is 4.33. The minimum absolute atomic E-state index is 0.312. The molecule has 0 aliphatic heterocycles. The van der Waals surface area contributed by atoms with Crippen molar-refractivity contribution in [1.82, 2.24) is 0 Å². The van der Waals surface area contributed by atoms with E-state index in [9.17, 15) is 9.50 Å². The quantitative estimate of drug-likeness (QED) is 0.856. The third-order valence-electron chi connectivity index (χ3n) is 3.29. The first-order chi connectivity index (χ1) is 9.13. The van der Waals surface area contributed by atoms with Gasteiger partial charge in [-0.3, -0.25) is 0 Å². The van der Waals surface area contributed by atoms with E-state index in [0.717, 1.165) is 24.0 Å². The Morgan fingerprint density at radius 3 is 2.53 bits per heavy atom. The van der Waals surface area contributed by atoms with Crippen molar-refractivity contribution in [3.05, 3.63) is 59.4 Å². The average molecular weight is 258 g/mol. The average Bonchev–Trinajstić information content (AvgIpc) is 2.40. The van der Waals surface area contributed by atoms with E-state index in [1.807, 2.05) is 18.2 Å². The number of rotatable bonds is 4. The summed E-state index contributed by atoms with van der Waals surface area (Å²) in [6.07, 6.45) is 1.36. The fourth-order valence-electron chi connectivity index (χ4n) is 2.39. The molecule has 1 atom stereocenters. The van der Waals surface area contributed by atoms with Crippen molar-refractivity contribution in [3.63, 3.8) is 0 Å². The molecule has 0 amide bonds. The Morgan fingerprint density at radius 1 is 1.11 bits per heavy atom. The van der Waals surface area contributed by atoms with Crippen LogP contribution in [0.5, 0.6) is 0 Å². The lowest BCUT2D eigenvalue weighted by molar-refractivity contribution is 0.199. The van der Waals surface area contributed by atoms with Crippen LogP contribution in [0.3, 0.4) is 0 Å². The van der Waals surface area contributed by atoms with Crippen LogP contribution in [0.15, 0.2) is 42.5 Å². The third-order valence-corrected chi connectivity index (χ3v) is 3.29. The number of aliphatic hydroxyl groups is 1. The van der Waals surface area contributed by atoms with Gasteiger partial charge >= 0.3 is 0 Å². The molecule has 0 saturated carbocycles. The fraction of sp³-hybridized carbons (Fsp3) is 0.294. The molecule has 100 valence electrons. The first-order valence-electron chi connectivity index (χ1n) is 6.69. The molecule has 2 heteroatoms. The molecule has 2 aromatic rings. The van der Waals surface area contributed by atoms with E-state index in [1.54, 1.807) is 13.0 Å². The van der Waals surface area contributed by atoms with Crippen LogP contribution in [-0.2, 0) is 6.42 Å². The van der Waals surface area contributed by atoms with Gasteiger partial charge in [0.25, 0.3) is 0 Å². The lowest BCUT2D eigenvalue weighted by atomic mass is 9.91. The van der Waals surface area contributed by atoms with Gasteiger partial charge in [0, 0.05) is 0 Å². The van der Waals surface area contributed by atoms with Crippen LogP contribution < -0.4 is 0 Å². The van der Waals surface area contributed by atoms with Gasteiger partial charge in [-0.15, -0.1) is 0 Å². The van der Waals surface area contributed by atoms with Crippen LogP contribution in [0.2, 0.25) is 0 Å². The van der Waals surface area contributed by atoms with Crippen LogP contribution in [0, 0.1) is 5.82 Å². The first-order valence-corrected chi connectivity index (χ1v) is 6.69. The summed E-state index contributed by atoms with van der Waals surface area (Å²) in [5.41, 5.74) is 3.88. The van der Waals surface area contributed by atoms with Crippen molar-refractivity contribution in [3.8, 4) is 11.1 Å². The molecule has 19 heavy (non-hydrogen) atoms. The molecule has 2 aromatic carbocycles. The molecule has 1 N–H and O–H groups in total. The van der Waals surface area contributed by atoms with E-state index < -0.39 is 6.10 Å². The Bertz CT molecular complexity index is 561. The van der Waals surface area contributed by atoms with Gasteiger partial charge in [-0.2, -0.15) is 0 Å². The number of hydrogen-bond donors (Lipinski definition) is 1. The predicted octanol–water partition coefficient (Wildman–Crippen LogP) is 4.50.